The van der Waals surface area contributed by atoms with Crippen LogP contribution in [0.2, 0.25) is 0 Å². The minimum Gasteiger partial charge on any atom is -0.481 e. The Morgan fingerprint density at radius 3 is 1.48 bits per heavy atom. The molecule has 62 heavy (non-hydrogen) atoms. The van der Waals surface area contributed by atoms with Crippen LogP contribution in [0.4, 0.5) is 0 Å². The zero-order valence-corrected chi connectivity index (χ0v) is 37.8. The fourth-order valence-electron chi connectivity index (χ4n) is 6.14. The largest absolute Gasteiger partial charge is 0.481 e. The Labute approximate surface area is 369 Å². The Balaban J connectivity index is 1.89. The third-order valence-electron chi connectivity index (χ3n) is 9.69. The van der Waals surface area contributed by atoms with Crippen LogP contribution >= 0.6 is 9.39 Å². The van der Waals surface area contributed by atoms with Crippen LogP contribution in [0, 0.1) is 0 Å². The van der Waals surface area contributed by atoms with Crippen molar-refractivity contribution >= 4 is 45.0 Å². The Morgan fingerprint density at radius 2 is 1.02 bits per heavy atom. The van der Waals surface area contributed by atoms with Gasteiger partial charge in [0, 0.05) is 44.6 Å². The number of carbonyl (C=O) groups excluding carboxylic acids is 4. The van der Waals surface area contributed by atoms with Crippen LogP contribution in [0.3, 0.4) is 0 Å². The van der Waals surface area contributed by atoms with Crippen molar-refractivity contribution < 1.29 is 67.8 Å². The van der Waals surface area contributed by atoms with E-state index in [2.05, 4.69) is 35.7 Å². The van der Waals surface area contributed by atoms with Gasteiger partial charge in [-0.3, -0.25) is 24.0 Å². The van der Waals surface area contributed by atoms with E-state index in [-0.39, 0.29) is 121 Å². The molecule has 1 heterocycles. The van der Waals surface area contributed by atoms with Gasteiger partial charge in [0.05, 0.1) is 39.6 Å². The molecule has 1 aliphatic heterocycles. The zero-order chi connectivity index (χ0) is 45.5. The average molecular weight is 906 g/mol. The van der Waals surface area contributed by atoms with Gasteiger partial charge in [0.1, 0.15) is 19.3 Å². The highest BCUT2D eigenvalue weighted by Crippen LogP contribution is 2.26. The van der Waals surface area contributed by atoms with E-state index in [0.29, 0.717) is 19.4 Å². The monoisotopic (exact) mass is 906 g/mol. The molecule has 20 heteroatoms. The third kappa shape index (κ3) is 35.1. The first kappa shape index (κ1) is 56.6. The number of carboxylic acids is 2. The van der Waals surface area contributed by atoms with Gasteiger partial charge in [0.2, 0.25) is 23.6 Å². The third-order valence-corrected chi connectivity index (χ3v) is 10.0. The van der Waals surface area contributed by atoms with Crippen LogP contribution in [-0.2, 0) is 52.5 Å². The van der Waals surface area contributed by atoms with Crippen LogP contribution in [0.25, 0.3) is 0 Å². The summed E-state index contributed by atoms with van der Waals surface area (Å²) >= 11 is 0. The number of rotatable bonds is 44. The van der Waals surface area contributed by atoms with Crippen molar-refractivity contribution in [3.63, 3.8) is 0 Å². The molecule has 0 saturated carbocycles. The fraction of sp³-hybridized carbons (Fsp3) is 0.810. The van der Waals surface area contributed by atoms with Crippen molar-refractivity contribution in [2.45, 2.75) is 147 Å². The zero-order valence-electron chi connectivity index (χ0n) is 36.6. The number of aliphatic hydroxyl groups is 1. The quantitative estimate of drug-likeness (QED) is 0.0248. The van der Waals surface area contributed by atoms with E-state index in [1.54, 1.807) is 0 Å². The van der Waals surface area contributed by atoms with Gasteiger partial charge in [-0.25, -0.2) is 4.79 Å². The molecule has 8 N–H and O–H groups in total. The van der Waals surface area contributed by atoms with E-state index in [4.69, 9.17) is 28.8 Å². The Morgan fingerprint density at radius 1 is 0.565 bits per heavy atom. The number of hydrogen-bond acceptors (Lipinski definition) is 13. The van der Waals surface area contributed by atoms with Crippen LogP contribution in [0.1, 0.15) is 128 Å². The minimum absolute atomic E-state index is 0.0270. The van der Waals surface area contributed by atoms with Crippen molar-refractivity contribution in [2.24, 2.45) is 0 Å². The molecule has 0 aromatic rings. The summed E-state index contributed by atoms with van der Waals surface area (Å²) in [6.07, 6.45) is 17.8. The summed E-state index contributed by atoms with van der Waals surface area (Å²) in [6.45, 7) is 2.04. The summed E-state index contributed by atoms with van der Waals surface area (Å²) in [4.78, 5) is 70.5. The number of aliphatic hydroxyl groups excluding tert-OH is 1. The van der Waals surface area contributed by atoms with Crippen LogP contribution in [-0.4, -0.2) is 142 Å². The van der Waals surface area contributed by atoms with Gasteiger partial charge < -0.3 is 65.4 Å². The van der Waals surface area contributed by atoms with Crippen molar-refractivity contribution in [3.05, 3.63) is 11.8 Å². The van der Waals surface area contributed by atoms with Crippen LogP contribution in [0.5, 0.6) is 0 Å². The molecule has 4 unspecified atom stereocenters. The summed E-state index contributed by atoms with van der Waals surface area (Å²) in [5.41, 5.74) is 0.790. The maximum atomic E-state index is 12.3. The summed E-state index contributed by atoms with van der Waals surface area (Å²) in [7, 11) is 2.37. The summed E-state index contributed by atoms with van der Waals surface area (Å²) in [6, 6.07) is -1.14. The lowest BCUT2D eigenvalue weighted by molar-refractivity contribution is -0.142. The molecular weight excluding hydrogens is 829 g/mol. The maximum Gasteiger partial charge on any atom is 0.326 e. The number of amides is 4. The number of ether oxygens (including phenoxy) is 5. The highest BCUT2D eigenvalue weighted by Gasteiger charge is 2.39. The Kier molecular flexibility index (Phi) is 35.7. The normalized spacial score (nSPS) is 15.1. The molecule has 1 saturated heterocycles. The average Bonchev–Trinajstić information content (AvgIpc) is 3.97. The number of carboxylic acid groups (broad SMARTS) is 2. The molecule has 358 valence electrons. The van der Waals surface area contributed by atoms with E-state index < -0.39 is 24.3 Å². The molecule has 4 amide bonds. The second kappa shape index (κ2) is 39.2. The SMILES string of the molecule is O=C(O)CCCCCCCCCCCCCCCCC(=O)NC(CCC(=O)NCCOCCOCC(=O)NCCOCCOCC(=O)NCCC/C=C(/NP)C1OC1O)C(=O)O. The number of hydrogen-bond donors (Lipinski definition) is 8. The fourth-order valence-corrected chi connectivity index (χ4v) is 6.43. The van der Waals surface area contributed by atoms with Gasteiger partial charge >= 0.3 is 11.9 Å². The second-order valence-electron chi connectivity index (χ2n) is 15.1. The molecule has 1 rings (SSSR count). The van der Waals surface area contributed by atoms with E-state index in [9.17, 15) is 39.0 Å². The van der Waals surface area contributed by atoms with Gasteiger partial charge in [-0.1, -0.05) is 83.1 Å². The highest BCUT2D eigenvalue weighted by molar-refractivity contribution is 7.14. The molecule has 0 aromatic heterocycles. The molecule has 0 aliphatic carbocycles. The standard InChI is InChI=1S/C42H76N5O14P/c48-35(21-20-34(41(54)55)46-36(49)18-13-11-9-7-5-3-1-2-4-6-8-10-12-14-19-39(52)53)44-23-25-57-27-30-60-32-38(51)45-24-26-58-28-29-59-31-37(50)43-22-16-15-17-33(47-62)40-42(56)61-40/h17,34,40,42,47,56H,1-16,18-32,62H2,(H,43,50)(H,44,48)(H,45,51)(H,46,49)(H,52,53)(H,54,55)/b33-17+. The molecule has 0 aromatic carbocycles. The first-order valence-electron chi connectivity index (χ1n) is 22.4. The molecular formula is C42H76N5O14P. The van der Waals surface area contributed by atoms with Crippen molar-refractivity contribution in [2.75, 3.05) is 72.5 Å². The van der Waals surface area contributed by atoms with Gasteiger partial charge in [0.15, 0.2) is 12.4 Å². The van der Waals surface area contributed by atoms with Gasteiger partial charge in [0.25, 0.3) is 0 Å². The predicted octanol–water partition coefficient (Wildman–Crippen LogP) is 2.84. The molecule has 1 fully saturated rings. The Bertz CT molecular complexity index is 1280. The molecule has 0 spiro atoms. The van der Waals surface area contributed by atoms with Gasteiger partial charge in [-0.2, -0.15) is 0 Å². The molecule has 1 aliphatic rings. The number of unbranched alkanes of at least 4 members (excludes halogenated alkanes) is 14. The first-order chi connectivity index (χ1) is 30.0. The lowest BCUT2D eigenvalue weighted by Crippen LogP contribution is -2.41. The minimum atomic E-state index is -1.18. The van der Waals surface area contributed by atoms with E-state index in [0.717, 1.165) is 50.6 Å². The number of nitrogens with one attached hydrogen (secondary N) is 5. The summed E-state index contributed by atoms with van der Waals surface area (Å²) in [5, 5.41) is 41.0. The van der Waals surface area contributed by atoms with Crippen LogP contribution in [0.15, 0.2) is 11.8 Å². The van der Waals surface area contributed by atoms with E-state index >= 15 is 0 Å². The second-order valence-corrected chi connectivity index (χ2v) is 15.4. The highest BCUT2D eigenvalue weighted by atomic mass is 31.0. The summed E-state index contributed by atoms with van der Waals surface area (Å²) in [5.74, 6) is -3.13. The Hall–Kier alpha value is -3.45. The number of carbonyl (C=O) groups is 6. The van der Waals surface area contributed by atoms with E-state index in [1.165, 1.54) is 44.9 Å². The van der Waals surface area contributed by atoms with Gasteiger partial charge in [-0.15, -0.1) is 0 Å². The molecule has 19 nitrogen and oxygen atoms in total. The molecule has 4 atom stereocenters. The van der Waals surface area contributed by atoms with Gasteiger partial charge in [-0.05, 0) is 41.5 Å². The number of epoxide rings is 1. The van der Waals surface area contributed by atoms with E-state index in [1.807, 2.05) is 6.08 Å². The summed E-state index contributed by atoms with van der Waals surface area (Å²) < 4.78 is 26.4. The smallest absolute Gasteiger partial charge is 0.326 e. The van der Waals surface area contributed by atoms with Crippen LogP contribution < -0.4 is 26.4 Å². The predicted molar refractivity (Wildman–Crippen MR) is 234 cm³/mol. The molecule has 0 radical (unpaired) electrons. The number of aliphatic carboxylic acids is 2. The maximum absolute atomic E-state index is 12.3. The topological polar surface area (TPSA) is 273 Å². The van der Waals surface area contributed by atoms with Crippen molar-refractivity contribution in [3.8, 4) is 0 Å². The first-order valence-corrected chi connectivity index (χ1v) is 23.0. The lowest BCUT2D eigenvalue weighted by Gasteiger charge is -2.14. The number of allylic oxidation sites excluding steroid dienone is 1. The molecule has 0 bridgehead atoms. The van der Waals surface area contributed by atoms with Crippen molar-refractivity contribution in [1.82, 2.24) is 26.4 Å². The van der Waals surface area contributed by atoms with Crippen molar-refractivity contribution in [1.29, 1.82) is 0 Å². The lowest BCUT2D eigenvalue weighted by atomic mass is 10.0.